The van der Waals surface area contributed by atoms with E-state index in [1.807, 2.05) is 6.92 Å². The Morgan fingerprint density at radius 3 is 2.27 bits per heavy atom. The molecule has 7 atom stereocenters. The fraction of sp³-hybridized carbons (Fsp3) is 0.520. The number of rotatable bonds is 8. The third-order valence-corrected chi connectivity index (χ3v) is 7.59. The number of hydrogen-bond donors (Lipinski definition) is 1. The Labute approximate surface area is 191 Å². The normalized spacial score (nSPS) is 31.8. The number of ether oxygens (including phenoxy) is 1. The van der Waals surface area contributed by atoms with Crippen molar-refractivity contribution in [3.05, 3.63) is 42.2 Å². The monoisotopic (exact) mass is 454 g/mol. The molecule has 0 aromatic heterocycles. The zero-order valence-corrected chi connectivity index (χ0v) is 18.4. The zero-order chi connectivity index (χ0) is 23.3. The van der Waals surface area contributed by atoms with Gasteiger partial charge in [0.1, 0.15) is 11.9 Å². The summed E-state index contributed by atoms with van der Waals surface area (Å²) in [6.45, 7) is 1.41. The minimum Gasteiger partial charge on any atom is -0.454 e. The molecule has 1 saturated heterocycles. The maximum absolute atomic E-state index is 13.4. The molecule has 6 rings (SSSR count). The second-order valence-corrected chi connectivity index (χ2v) is 9.52. The SMILES string of the molecule is CCCC[C@H](C(=O)OCC(=O)Nc1ccc(F)cc1)N1C(=O)[C@@H]2[C@H]3C=C[C@@H]([C@@H]4C[C@@H]34)[C@@H]2C1=O. The minimum absolute atomic E-state index is 0.0794. The Balaban J connectivity index is 1.27. The average molecular weight is 454 g/mol. The van der Waals surface area contributed by atoms with Crippen molar-refractivity contribution in [3.8, 4) is 0 Å². The van der Waals surface area contributed by atoms with Gasteiger partial charge in [0.25, 0.3) is 5.91 Å². The highest BCUT2D eigenvalue weighted by Gasteiger charge is 2.67. The van der Waals surface area contributed by atoms with E-state index >= 15 is 0 Å². The highest BCUT2D eigenvalue weighted by atomic mass is 19.1. The van der Waals surface area contributed by atoms with Crippen molar-refractivity contribution < 1.29 is 28.3 Å². The maximum Gasteiger partial charge on any atom is 0.329 e. The van der Waals surface area contributed by atoms with Crippen molar-refractivity contribution >= 4 is 29.4 Å². The summed E-state index contributed by atoms with van der Waals surface area (Å²) in [6, 6.07) is 4.19. The van der Waals surface area contributed by atoms with Crippen molar-refractivity contribution in [1.29, 1.82) is 0 Å². The van der Waals surface area contributed by atoms with Gasteiger partial charge in [0.2, 0.25) is 11.8 Å². The van der Waals surface area contributed by atoms with Crippen LogP contribution in [-0.4, -0.2) is 41.2 Å². The molecule has 33 heavy (non-hydrogen) atoms. The molecule has 0 spiro atoms. The highest BCUT2D eigenvalue weighted by Crippen LogP contribution is 2.65. The second-order valence-electron chi connectivity index (χ2n) is 9.52. The molecule has 1 aliphatic heterocycles. The van der Waals surface area contributed by atoms with Crippen LogP contribution in [0.1, 0.15) is 32.6 Å². The van der Waals surface area contributed by atoms with Crippen molar-refractivity contribution in [2.45, 2.75) is 38.6 Å². The number of carbonyl (C=O) groups excluding carboxylic acids is 4. The van der Waals surface area contributed by atoms with Gasteiger partial charge in [-0.2, -0.15) is 0 Å². The van der Waals surface area contributed by atoms with E-state index in [0.717, 1.165) is 17.7 Å². The average Bonchev–Trinajstić information content (AvgIpc) is 3.59. The molecule has 1 heterocycles. The van der Waals surface area contributed by atoms with Crippen molar-refractivity contribution in [3.63, 3.8) is 0 Å². The van der Waals surface area contributed by atoms with Gasteiger partial charge >= 0.3 is 5.97 Å². The van der Waals surface area contributed by atoms with Crippen LogP contribution in [-0.2, 0) is 23.9 Å². The molecule has 4 aliphatic carbocycles. The van der Waals surface area contributed by atoms with Crippen LogP contribution >= 0.6 is 0 Å². The molecule has 8 heteroatoms. The number of anilines is 1. The fourth-order valence-electron chi connectivity index (χ4n) is 6.00. The zero-order valence-electron chi connectivity index (χ0n) is 18.4. The Bertz CT molecular complexity index is 986. The first-order chi connectivity index (χ1) is 15.9. The molecule has 0 radical (unpaired) electrons. The highest BCUT2D eigenvalue weighted by molar-refractivity contribution is 6.09. The van der Waals surface area contributed by atoms with Gasteiger partial charge < -0.3 is 10.1 Å². The maximum atomic E-state index is 13.4. The van der Waals surface area contributed by atoms with Crippen molar-refractivity contribution in [1.82, 2.24) is 4.90 Å². The van der Waals surface area contributed by atoms with Crippen LogP contribution in [0.5, 0.6) is 0 Å². The molecule has 7 nitrogen and oxygen atoms in total. The number of carbonyl (C=O) groups is 4. The Kier molecular flexibility index (Phi) is 5.54. The standard InChI is InChI=1S/C25H27FN2O5/c1-2-3-4-19(25(32)33-12-20(29)27-14-7-5-13(26)6-8-14)28-23(30)21-15-9-10-16(18-11-17(15)18)22(21)24(28)31/h5-10,15-19,21-22H,2-4,11-12H2,1H3,(H,27,29)/t15-,16-,17-,18-,19+,21-,22+/m0/s1. The van der Waals surface area contributed by atoms with Gasteiger partial charge in [0.15, 0.2) is 6.61 Å². The van der Waals surface area contributed by atoms with E-state index in [2.05, 4.69) is 17.5 Å². The third-order valence-electron chi connectivity index (χ3n) is 7.59. The number of nitrogens with one attached hydrogen (secondary N) is 1. The van der Waals surface area contributed by atoms with Crippen LogP contribution in [0.25, 0.3) is 0 Å². The molecule has 174 valence electrons. The topological polar surface area (TPSA) is 92.8 Å². The summed E-state index contributed by atoms with van der Waals surface area (Å²) in [7, 11) is 0. The van der Waals surface area contributed by atoms with E-state index in [0.29, 0.717) is 30.4 Å². The molecule has 3 fully saturated rings. The van der Waals surface area contributed by atoms with Crippen molar-refractivity contribution in [2.24, 2.45) is 35.5 Å². The smallest absolute Gasteiger partial charge is 0.329 e. The van der Waals surface area contributed by atoms with Crippen LogP contribution in [0.15, 0.2) is 36.4 Å². The quantitative estimate of drug-likeness (QED) is 0.370. The van der Waals surface area contributed by atoms with E-state index in [4.69, 9.17) is 4.74 Å². The number of nitrogens with zero attached hydrogens (tertiary/aromatic N) is 1. The van der Waals surface area contributed by atoms with E-state index in [9.17, 15) is 23.6 Å². The number of halogens is 1. The van der Waals surface area contributed by atoms with Crippen molar-refractivity contribution in [2.75, 3.05) is 11.9 Å². The summed E-state index contributed by atoms with van der Waals surface area (Å²) in [6.07, 6.45) is 6.99. The van der Waals surface area contributed by atoms with E-state index < -0.39 is 30.3 Å². The molecule has 3 amide bonds. The summed E-state index contributed by atoms with van der Waals surface area (Å²) in [5.74, 6) is -1.95. The summed E-state index contributed by atoms with van der Waals surface area (Å²) in [5.41, 5.74) is 0.371. The minimum atomic E-state index is -1.02. The Morgan fingerprint density at radius 1 is 1.09 bits per heavy atom. The van der Waals surface area contributed by atoms with Gasteiger partial charge in [-0.15, -0.1) is 0 Å². The summed E-state index contributed by atoms with van der Waals surface area (Å²) >= 11 is 0. The van der Waals surface area contributed by atoms with Gasteiger partial charge in [-0.3, -0.25) is 19.3 Å². The molecule has 2 saturated carbocycles. The molecule has 1 aromatic rings. The number of imide groups is 1. The molecular weight excluding hydrogens is 427 g/mol. The van der Waals surface area contributed by atoms with Crippen LogP contribution in [0, 0.1) is 41.3 Å². The summed E-state index contributed by atoms with van der Waals surface area (Å²) in [4.78, 5) is 53.1. The fourth-order valence-corrected chi connectivity index (χ4v) is 6.00. The number of likely N-dealkylation sites (tertiary alicyclic amines) is 1. The molecular formula is C25H27FN2O5. The Morgan fingerprint density at radius 2 is 1.70 bits per heavy atom. The first-order valence-corrected chi connectivity index (χ1v) is 11.7. The molecule has 0 unspecified atom stereocenters. The largest absolute Gasteiger partial charge is 0.454 e. The molecule has 2 bridgehead atoms. The van der Waals surface area contributed by atoms with Crippen LogP contribution in [0.2, 0.25) is 0 Å². The lowest BCUT2D eigenvalue weighted by molar-refractivity contribution is -0.160. The van der Waals surface area contributed by atoms with Gasteiger partial charge in [0, 0.05) is 5.69 Å². The van der Waals surface area contributed by atoms with Gasteiger partial charge in [0.05, 0.1) is 11.8 Å². The number of esters is 1. The predicted octanol–water partition coefficient (Wildman–Crippen LogP) is 2.92. The van der Waals surface area contributed by atoms with Crippen LogP contribution < -0.4 is 5.32 Å². The number of unbranched alkanes of at least 4 members (excludes halogenated alkanes) is 1. The molecule has 1 aromatic carbocycles. The van der Waals surface area contributed by atoms with Gasteiger partial charge in [-0.05, 0) is 60.8 Å². The summed E-state index contributed by atoms with van der Waals surface area (Å²) < 4.78 is 18.3. The number of benzene rings is 1. The lowest BCUT2D eigenvalue weighted by atomic mass is 9.63. The third kappa shape index (κ3) is 3.75. The lowest BCUT2D eigenvalue weighted by Crippen LogP contribution is -2.47. The van der Waals surface area contributed by atoms with E-state index in [-0.39, 0.29) is 35.5 Å². The van der Waals surface area contributed by atoms with Gasteiger partial charge in [-0.25, -0.2) is 9.18 Å². The first-order valence-electron chi connectivity index (χ1n) is 11.7. The molecule has 5 aliphatic rings. The van der Waals surface area contributed by atoms with Crippen LogP contribution in [0.4, 0.5) is 10.1 Å². The summed E-state index contributed by atoms with van der Waals surface area (Å²) in [5, 5.41) is 2.53. The van der Waals surface area contributed by atoms with Crippen LogP contribution in [0.3, 0.4) is 0 Å². The Hall–Kier alpha value is -3.03. The van der Waals surface area contributed by atoms with Gasteiger partial charge in [-0.1, -0.05) is 31.9 Å². The number of hydrogen-bond acceptors (Lipinski definition) is 5. The molecule has 1 N–H and O–H groups in total. The van der Waals surface area contributed by atoms with E-state index in [1.165, 1.54) is 24.3 Å². The number of allylic oxidation sites excluding steroid dienone is 2. The first kappa shape index (κ1) is 21.8. The van der Waals surface area contributed by atoms with E-state index in [1.54, 1.807) is 0 Å². The second kappa shape index (κ2) is 8.39. The predicted molar refractivity (Wildman–Crippen MR) is 116 cm³/mol. The number of amides is 3. The lowest BCUT2D eigenvalue weighted by Gasteiger charge is -2.37.